The van der Waals surface area contributed by atoms with E-state index >= 15 is 0 Å². The number of nitrogens with one attached hydrogen (secondary N) is 1. The number of benzene rings is 2. The van der Waals surface area contributed by atoms with Gasteiger partial charge in [-0.15, -0.1) is 0 Å². The first-order valence-electron chi connectivity index (χ1n) is 9.31. The highest BCUT2D eigenvalue weighted by atomic mass is 16.3. The second-order valence-electron chi connectivity index (χ2n) is 6.96. The van der Waals surface area contributed by atoms with Gasteiger partial charge in [-0.25, -0.2) is 0 Å². The third-order valence-electron chi connectivity index (χ3n) is 5.21. The fourth-order valence-corrected chi connectivity index (χ4v) is 3.78. The van der Waals surface area contributed by atoms with Gasteiger partial charge in [0.25, 0.3) is 0 Å². The van der Waals surface area contributed by atoms with Gasteiger partial charge in [0.1, 0.15) is 0 Å². The molecule has 1 unspecified atom stereocenters. The average Bonchev–Trinajstić information content (AvgIpc) is 2.69. The Bertz CT molecular complexity index is 611. The molecule has 3 rings (SSSR count). The van der Waals surface area contributed by atoms with E-state index in [1.165, 1.54) is 19.3 Å². The maximum Gasteiger partial charge on any atom is 0.232 e. The van der Waals surface area contributed by atoms with Crippen molar-refractivity contribution in [3.63, 3.8) is 0 Å². The molecular formula is C22H27NO2. The van der Waals surface area contributed by atoms with Crippen molar-refractivity contribution in [3.05, 3.63) is 71.8 Å². The Kier molecular flexibility index (Phi) is 6.24. The first-order chi connectivity index (χ1) is 12.3. The van der Waals surface area contributed by atoms with Gasteiger partial charge in [-0.3, -0.25) is 4.79 Å². The van der Waals surface area contributed by atoms with Crippen molar-refractivity contribution in [1.82, 2.24) is 5.32 Å². The molecule has 3 nitrogen and oxygen atoms in total. The molecule has 0 spiro atoms. The zero-order valence-electron chi connectivity index (χ0n) is 14.6. The lowest BCUT2D eigenvalue weighted by Gasteiger charge is -2.27. The molecular weight excluding hydrogens is 310 g/mol. The van der Waals surface area contributed by atoms with E-state index in [0.29, 0.717) is 12.5 Å². The Hall–Kier alpha value is -2.13. The molecule has 0 heterocycles. The fraction of sp³-hybridized carbons (Fsp3) is 0.409. The van der Waals surface area contributed by atoms with Crippen LogP contribution in [-0.2, 0) is 4.79 Å². The molecule has 0 radical (unpaired) electrons. The second kappa shape index (κ2) is 8.82. The number of hydrogen-bond acceptors (Lipinski definition) is 2. The summed E-state index contributed by atoms with van der Waals surface area (Å²) in [4.78, 5) is 12.9. The van der Waals surface area contributed by atoms with E-state index in [-0.39, 0.29) is 11.8 Å². The normalized spacial score (nSPS) is 16.6. The van der Waals surface area contributed by atoms with Gasteiger partial charge in [0.2, 0.25) is 5.91 Å². The number of hydrogen-bond donors (Lipinski definition) is 2. The highest BCUT2D eigenvalue weighted by Gasteiger charge is 2.25. The summed E-state index contributed by atoms with van der Waals surface area (Å²) in [5.41, 5.74) is 1.94. The zero-order valence-corrected chi connectivity index (χ0v) is 14.6. The van der Waals surface area contributed by atoms with Crippen molar-refractivity contribution in [2.24, 2.45) is 5.92 Å². The number of amides is 1. The summed E-state index contributed by atoms with van der Waals surface area (Å²) >= 11 is 0. The minimum Gasteiger partial charge on any atom is -0.391 e. The van der Waals surface area contributed by atoms with Crippen molar-refractivity contribution in [2.75, 3.05) is 6.54 Å². The summed E-state index contributed by atoms with van der Waals surface area (Å²) in [5.74, 6) is -0.0748. The van der Waals surface area contributed by atoms with Crippen molar-refractivity contribution < 1.29 is 9.90 Å². The number of carbonyl (C=O) groups is 1. The Morgan fingerprint density at radius 2 is 1.44 bits per heavy atom. The van der Waals surface area contributed by atoms with E-state index in [4.69, 9.17) is 0 Å². The minimum atomic E-state index is -0.448. The van der Waals surface area contributed by atoms with E-state index in [1.807, 2.05) is 60.7 Å². The summed E-state index contributed by atoms with van der Waals surface area (Å²) in [7, 11) is 0. The van der Waals surface area contributed by atoms with E-state index in [0.717, 1.165) is 24.0 Å². The Labute approximate surface area is 150 Å². The topological polar surface area (TPSA) is 49.3 Å². The van der Waals surface area contributed by atoms with Gasteiger partial charge < -0.3 is 10.4 Å². The van der Waals surface area contributed by atoms with Crippen LogP contribution in [0.15, 0.2) is 60.7 Å². The molecule has 1 amide bonds. The Morgan fingerprint density at radius 3 is 1.96 bits per heavy atom. The third kappa shape index (κ3) is 4.70. The number of rotatable bonds is 6. The molecule has 0 aromatic heterocycles. The van der Waals surface area contributed by atoms with Crippen LogP contribution in [0.3, 0.4) is 0 Å². The standard InChI is InChI=1S/C22H27NO2/c24-20(17-10-4-1-5-11-17)16-23-22(25)21(18-12-6-2-7-13-18)19-14-8-3-9-15-19/h2-3,6-9,12-15,17,20-21,24H,1,4-5,10-11,16H2,(H,23,25). The summed E-state index contributed by atoms with van der Waals surface area (Å²) in [6.45, 7) is 0.333. The summed E-state index contributed by atoms with van der Waals surface area (Å²) in [6.07, 6.45) is 5.32. The summed E-state index contributed by atoms with van der Waals surface area (Å²) < 4.78 is 0. The quantitative estimate of drug-likeness (QED) is 0.840. The Balaban J connectivity index is 1.69. The molecule has 3 heteroatoms. The van der Waals surface area contributed by atoms with Crippen LogP contribution in [0.4, 0.5) is 0 Å². The van der Waals surface area contributed by atoms with Crippen LogP contribution in [0, 0.1) is 5.92 Å². The number of carbonyl (C=O) groups excluding carboxylic acids is 1. The number of aliphatic hydroxyl groups is 1. The molecule has 2 N–H and O–H groups in total. The van der Waals surface area contributed by atoms with Gasteiger partial charge in [-0.2, -0.15) is 0 Å². The van der Waals surface area contributed by atoms with Gasteiger partial charge in [-0.05, 0) is 29.9 Å². The highest BCUT2D eigenvalue weighted by Crippen LogP contribution is 2.27. The molecule has 0 bridgehead atoms. The molecule has 2 aromatic rings. The Morgan fingerprint density at radius 1 is 0.920 bits per heavy atom. The average molecular weight is 337 g/mol. The smallest absolute Gasteiger partial charge is 0.232 e. The van der Waals surface area contributed by atoms with Crippen LogP contribution in [0.25, 0.3) is 0 Å². The lowest BCUT2D eigenvalue weighted by atomic mass is 9.85. The first-order valence-corrected chi connectivity index (χ1v) is 9.31. The first kappa shape index (κ1) is 17.7. The fourth-order valence-electron chi connectivity index (χ4n) is 3.78. The monoisotopic (exact) mass is 337 g/mol. The minimum absolute atomic E-state index is 0.0488. The molecule has 1 fully saturated rings. The maximum absolute atomic E-state index is 12.9. The second-order valence-corrected chi connectivity index (χ2v) is 6.96. The van der Waals surface area contributed by atoms with Crippen LogP contribution >= 0.6 is 0 Å². The highest BCUT2D eigenvalue weighted by molar-refractivity contribution is 5.87. The van der Waals surface area contributed by atoms with Crippen molar-refractivity contribution in [1.29, 1.82) is 0 Å². The molecule has 0 saturated heterocycles. The van der Waals surface area contributed by atoms with Crippen molar-refractivity contribution in [3.8, 4) is 0 Å². The van der Waals surface area contributed by atoms with Gasteiger partial charge in [0.15, 0.2) is 0 Å². The largest absolute Gasteiger partial charge is 0.391 e. The molecule has 0 aliphatic heterocycles. The van der Waals surface area contributed by atoms with Crippen LogP contribution in [-0.4, -0.2) is 23.7 Å². The van der Waals surface area contributed by atoms with Gasteiger partial charge in [0, 0.05) is 6.54 Å². The van der Waals surface area contributed by atoms with Crippen LogP contribution < -0.4 is 5.32 Å². The SMILES string of the molecule is O=C(NCC(O)C1CCCCC1)C(c1ccccc1)c1ccccc1. The number of aliphatic hydroxyl groups excluding tert-OH is 1. The predicted octanol–water partition coefficient (Wildman–Crippen LogP) is 3.88. The maximum atomic E-state index is 12.9. The van der Waals surface area contributed by atoms with Gasteiger partial charge >= 0.3 is 0 Å². The van der Waals surface area contributed by atoms with Crippen LogP contribution in [0.2, 0.25) is 0 Å². The van der Waals surface area contributed by atoms with Gasteiger partial charge in [-0.1, -0.05) is 79.9 Å². The van der Waals surface area contributed by atoms with E-state index in [9.17, 15) is 9.90 Å². The van der Waals surface area contributed by atoms with Crippen molar-refractivity contribution >= 4 is 5.91 Å². The molecule has 1 atom stereocenters. The molecule has 1 aliphatic rings. The lowest BCUT2D eigenvalue weighted by molar-refractivity contribution is -0.122. The van der Waals surface area contributed by atoms with Crippen LogP contribution in [0.5, 0.6) is 0 Å². The van der Waals surface area contributed by atoms with E-state index < -0.39 is 6.10 Å². The van der Waals surface area contributed by atoms with Crippen molar-refractivity contribution in [2.45, 2.75) is 44.1 Å². The predicted molar refractivity (Wildman–Crippen MR) is 100 cm³/mol. The third-order valence-corrected chi connectivity index (χ3v) is 5.21. The summed E-state index contributed by atoms with van der Waals surface area (Å²) in [5, 5.41) is 13.4. The van der Waals surface area contributed by atoms with E-state index in [2.05, 4.69) is 5.32 Å². The van der Waals surface area contributed by atoms with E-state index in [1.54, 1.807) is 0 Å². The summed E-state index contributed by atoms with van der Waals surface area (Å²) in [6, 6.07) is 19.6. The molecule has 132 valence electrons. The van der Waals surface area contributed by atoms with Crippen LogP contribution in [0.1, 0.15) is 49.1 Å². The molecule has 25 heavy (non-hydrogen) atoms. The van der Waals surface area contributed by atoms with Gasteiger partial charge in [0.05, 0.1) is 12.0 Å². The molecule has 2 aromatic carbocycles. The molecule has 1 aliphatic carbocycles. The zero-order chi connectivity index (χ0) is 17.5. The molecule has 1 saturated carbocycles. The lowest BCUT2D eigenvalue weighted by Crippen LogP contribution is -2.39.